The van der Waals surface area contributed by atoms with Crippen LogP contribution in [-0.2, 0) is 4.79 Å². The molecule has 1 aliphatic rings. The van der Waals surface area contributed by atoms with E-state index in [9.17, 15) is 4.79 Å². The molecule has 1 amide bonds. The number of hydrogen-bond donors (Lipinski definition) is 1. The van der Waals surface area contributed by atoms with Gasteiger partial charge in [0.05, 0.1) is 5.54 Å². The Morgan fingerprint density at radius 1 is 1.38 bits per heavy atom. The first-order chi connectivity index (χ1) is 7.64. The average molecular weight is 222 g/mol. The van der Waals surface area contributed by atoms with E-state index in [0.29, 0.717) is 13.0 Å². The number of hydrogen-bond acceptors (Lipinski definition) is 2. The molecular formula is C13H22N2O. The van der Waals surface area contributed by atoms with Crippen LogP contribution in [0.4, 0.5) is 0 Å². The number of amides is 1. The van der Waals surface area contributed by atoms with Crippen LogP contribution >= 0.6 is 0 Å². The highest BCUT2D eigenvalue weighted by Gasteiger charge is 2.35. The minimum atomic E-state index is -0.527. The molecule has 1 atom stereocenters. The molecule has 0 aromatic heterocycles. The monoisotopic (exact) mass is 222 g/mol. The minimum Gasteiger partial charge on any atom is -0.341 e. The van der Waals surface area contributed by atoms with Gasteiger partial charge >= 0.3 is 0 Å². The van der Waals surface area contributed by atoms with E-state index in [0.717, 1.165) is 25.9 Å². The summed E-state index contributed by atoms with van der Waals surface area (Å²) in [5, 5.41) is 3.24. The summed E-state index contributed by atoms with van der Waals surface area (Å²) in [6, 6.07) is 0. The molecule has 0 spiro atoms. The standard InChI is InChI=1S/C13H22N2O/c1-4-8-13(3,14-9-5-2)12(16)15-10-6-7-11-15/h4-5,14H,1-2,6-11H2,3H3/t13-/m0/s1. The van der Waals surface area contributed by atoms with Crippen LogP contribution < -0.4 is 5.32 Å². The van der Waals surface area contributed by atoms with Crippen LogP contribution in [0, 0.1) is 0 Å². The van der Waals surface area contributed by atoms with Gasteiger partial charge in [0.25, 0.3) is 0 Å². The lowest BCUT2D eigenvalue weighted by Gasteiger charge is -2.32. The third-order valence-corrected chi connectivity index (χ3v) is 3.05. The summed E-state index contributed by atoms with van der Waals surface area (Å²) >= 11 is 0. The smallest absolute Gasteiger partial charge is 0.242 e. The zero-order chi connectivity index (χ0) is 12.0. The third kappa shape index (κ3) is 2.95. The Kier molecular flexibility index (Phi) is 4.74. The van der Waals surface area contributed by atoms with Gasteiger partial charge in [0, 0.05) is 19.6 Å². The first-order valence-corrected chi connectivity index (χ1v) is 5.90. The van der Waals surface area contributed by atoms with Crippen molar-refractivity contribution in [1.29, 1.82) is 0 Å². The molecular weight excluding hydrogens is 200 g/mol. The van der Waals surface area contributed by atoms with E-state index in [4.69, 9.17) is 0 Å². The van der Waals surface area contributed by atoms with Crippen molar-refractivity contribution in [3.8, 4) is 0 Å². The molecule has 0 radical (unpaired) electrons. The highest BCUT2D eigenvalue weighted by Crippen LogP contribution is 2.18. The maximum Gasteiger partial charge on any atom is 0.242 e. The predicted octanol–water partition coefficient (Wildman–Crippen LogP) is 1.72. The topological polar surface area (TPSA) is 32.3 Å². The highest BCUT2D eigenvalue weighted by molar-refractivity contribution is 5.86. The van der Waals surface area contributed by atoms with E-state index in [1.807, 2.05) is 11.8 Å². The largest absolute Gasteiger partial charge is 0.341 e. The Hall–Kier alpha value is -1.09. The van der Waals surface area contributed by atoms with E-state index in [1.165, 1.54) is 0 Å². The van der Waals surface area contributed by atoms with E-state index in [1.54, 1.807) is 12.2 Å². The number of carbonyl (C=O) groups is 1. The summed E-state index contributed by atoms with van der Waals surface area (Å²) in [4.78, 5) is 14.3. The number of nitrogens with zero attached hydrogens (tertiary/aromatic N) is 1. The summed E-state index contributed by atoms with van der Waals surface area (Å²) in [6.07, 6.45) is 6.47. The molecule has 0 unspecified atom stereocenters. The molecule has 16 heavy (non-hydrogen) atoms. The second-order valence-electron chi connectivity index (χ2n) is 4.49. The maximum atomic E-state index is 12.3. The van der Waals surface area contributed by atoms with Gasteiger partial charge in [-0.2, -0.15) is 0 Å². The van der Waals surface area contributed by atoms with Crippen LogP contribution in [0.2, 0.25) is 0 Å². The molecule has 1 rings (SSSR count). The van der Waals surface area contributed by atoms with Crippen LogP contribution in [0.15, 0.2) is 25.3 Å². The van der Waals surface area contributed by atoms with Crippen molar-refractivity contribution < 1.29 is 4.79 Å². The fourth-order valence-corrected chi connectivity index (χ4v) is 2.09. The molecule has 1 fully saturated rings. The quantitative estimate of drug-likeness (QED) is 0.694. The number of likely N-dealkylation sites (tertiary alicyclic amines) is 1. The van der Waals surface area contributed by atoms with Crippen molar-refractivity contribution in [2.45, 2.75) is 31.7 Å². The molecule has 90 valence electrons. The Morgan fingerprint density at radius 2 is 2.00 bits per heavy atom. The molecule has 0 saturated carbocycles. The maximum absolute atomic E-state index is 12.3. The summed E-state index contributed by atoms with van der Waals surface area (Å²) in [7, 11) is 0. The second-order valence-corrected chi connectivity index (χ2v) is 4.49. The first kappa shape index (κ1) is 13.0. The number of carbonyl (C=O) groups excluding carboxylic acids is 1. The van der Waals surface area contributed by atoms with E-state index in [-0.39, 0.29) is 5.91 Å². The van der Waals surface area contributed by atoms with E-state index < -0.39 is 5.54 Å². The van der Waals surface area contributed by atoms with Gasteiger partial charge in [-0.3, -0.25) is 10.1 Å². The molecule has 3 heteroatoms. The zero-order valence-electron chi connectivity index (χ0n) is 10.2. The van der Waals surface area contributed by atoms with Gasteiger partial charge in [-0.15, -0.1) is 13.2 Å². The summed E-state index contributed by atoms with van der Waals surface area (Å²) < 4.78 is 0. The van der Waals surface area contributed by atoms with Gasteiger partial charge in [0.1, 0.15) is 0 Å². The molecule has 1 aliphatic heterocycles. The summed E-state index contributed by atoms with van der Waals surface area (Å²) in [6.45, 7) is 11.8. The lowest BCUT2D eigenvalue weighted by atomic mass is 9.95. The molecule has 1 heterocycles. The van der Waals surface area contributed by atoms with Crippen LogP contribution in [0.3, 0.4) is 0 Å². The van der Waals surface area contributed by atoms with Crippen molar-refractivity contribution in [3.63, 3.8) is 0 Å². The molecule has 0 aromatic rings. The van der Waals surface area contributed by atoms with Crippen molar-refractivity contribution >= 4 is 5.91 Å². The van der Waals surface area contributed by atoms with Gasteiger partial charge in [0.2, 0.25) is 5.91 Å². The van der Waals surface area contributed by atoms with Gasteiger partial charge < -0.3 is 4.90 Å². The Balaban J connectivity index is 2.69. The summed E-state index contributed by atoms with van der Waals surface area (Å²) in [5.41, 5.74) is -0.527. The fourth-order valence-electron chi connectivity index (χ4n) is 2.09. The van der Waals surface area contributed by atoms with E-state index in [2.05, 4.69) is 18.5 Å². The minimum absolute atomic E-state index is 0.187. The van der Waals surface area contributed by atoms with Crippen LogP contribution in [0.1, 0.15) is 26.2 Å². The normalized spacial score (nSPS) is 19.2. The Morgan fingerprint density at radius 3 is 2.50 bits per heavy atom. The number of nitrogens with one attached hydrogen (secondary N) is 1. The van der Waals surface area contributed by atoms with Crippen molar-refractivity contribution in [2.75, 3.05) is 19.6 Å². The Bertz CT molecular complexity index is 269. The predicted molar refractivity (Wildman–Crippen MR) is 67.2 cm³/mol. The number of rotatable bonds is 6. The van der Waals surface area contributed by atoms with Gasteiger partial charge in [-0.1, -0.05) is 12.2 Å². The summed E-state index contributed by atoms with van der Waals surface area (Å²) in [5.74, 6) is 0.187. The molecule has 3 nitrogen and oxygen atoms in total. The van der Waals surface area contributed by atoms with Crippen molar-refractivity contribution in [3.05, 3.63) is 25.3 Å². The van der Waals surface area contributed by atoms with Crippen LogP contribution in [-0.4, -0.2) is 36.0 Å². The van der Waals surface area contributed by atoms with Crippen LogP contribution in [0.5, 0.6) is 0 Å². The van der Waals surface area contributed by atoms with Gasteiger partial charge in [0.15, 0.2) is 0 Å². The second kappa shape index (κ2) is 5.85. The van der Waals surface area contributed by atoms with Crippen molar-refractivity contribution in [1.82, 2.24) is 10.2 Å². The molecule has 0 aromatic carbocycles. The lowest BCUT2D eigenvalue weighted by molar-refractivity contribution is -0.136. The lowest BCUT2D eigenvalue weighted by Crippen LogP contribution is -2.55. The molecule has 1 N–H and O–H groups in total. The Labute approximate surface area is 98.2 Å². The van der Waals surface area contributed by atoms with Gasteiger partial charge in [-0.25, -0.2) is 0 Å². The third-order valence-electron chi connectivity index (χ3n) is 3.05. The van der Waals surface area contributed by atoms with E-state index >= 15 is 0 Å². The first-order valence-electron chi connectivity index (χ1n) is 5.90. The molecule has 1 saturated heterocycles. The highest BCUT2D eigenvalue weighted by atomic mass is 16.2. The van der Waals surface area contributed by atoms with Crippen LogP contribution in [0.25, 0.3) is 0 Å². The molecule has 0 bridgehead atoms. The van der Waals surface area contributed by atoms with Crippen molar-refractivity contribution in [2.24, 2.45) is 0 Å². The average Bonchev–Trinajstić information content (AvgIpc) is 2.79. The zero-order valence-corrected chi connectivity index (χ0v) is 10.2. The molecule has 0 aliphatic carbocycles. The fraction of sp³-hybridized carbons (Fsp3) is 0.615. The SMILES string of the molecule is C=CCN[C@@](C)(CC=C)C(=O)N1CCCC1. The van der Waals surface area contributed by atoms with Gasteiger partial charge in [-0.05, 0) is 26.2 Å².